The van der Waals surface area contributed by atoms with Crippen LogP contribution >= 0.6 is 0 Å². The summed E-state index contributed by atoms with van der Waals surface area (Å²) < 4.78 is 16.5. The number of rotatable bonds is 8. The van der Waals surface area contributed by atoms with Crippen molar-refractivity contribution in [2.75, 3.05) is 14.2 Å². The molecule has 31 heavy (non-hydrogen) atoms. The van der Waals surface area contributed by atoms with Crippen LogP contribution in [0.5, 0.6) is 23.0 Å². The normalized spacial score (nSPS) is 10.5. The van der Waals surface area contributed by atoms with Gasteiger partial charge in [0.15, 0.2) is 6.29 Å². The molecule has 0 aromatic heterocycles. The molecule has 3 rings (SSSR count). The SMILES string of the molecule is CC.CCc1ccc(Oc2ccc(/C(C=O)=C\c3cc(OC)cc(OC)c3)cc2)cc1. The van der Waals surface area contributed by atoms with Crippen molar-refractivity contribution in [2.24, 2.45) is 0 Å². The lowest BCUT2D eigenvalue weighted by molar-refractivity contribution is -0.103. The first-order valence-corrected chi connectivity index (χ1v) is 10.4. The van der Waals surface area contributed by atoms with Crippen LogP contribution in [0.3, 0.4) is 0 Å². The second kappa shape index (κ2) is 12.2. The molecule has 0 bridgehead atoms. The van der Waals surface area contributed by atoms with Crippen LogP contribution in [0.4, 0.5) is 0 Å². The van der Waals surface area contributed by atoms with E-state index < -0.39 is 0 Å². The van der Waals surface area contributed by atoms with E-state index in [-0.39, 0.29) is 0 Å². The molecule has 162 valence electrons. The summed E-state index contributed by atoms with van der Waals surface area (Å²) in [6, 6.07) is 21.0. The molecule has 4 nitrogen and oxygen atoms in total. The molecule has 4 heteroatoms. The number of ether oxygens (including phenoxy) is 3. The van der Waals surface area contributed by atoms with Crippen molar-refractivity contribution in [1.29, 1.82) is 0 Å². The maximum Gasteiger partial charge on any atom is 0.150 e. The van der Waals surface area contributed by atoms with Crippen molar-refractivity contribution < 1.29 is 19.0 Å². The molecular weight excluding hydrogens is 388 g/mol. The summed E-state index contributed by atoms with van der Waals surface area (Å²) in [7, 11) is 3.19. The predicted molar refractivity (Wildman–Crippen MR) is 127 cm³/mol. The Labute approximate surface area is 185 Å². The van der Waals surface area contributed by atoms with Crippen molar-refractivity contribution >= 4 is 17.9 Å². The monoisotopic (exact) mass is 418 g/mol. The Kier molecular flexibility index (Phi) is 9.37. The summed E-state index contributed by atoms with van der Waals surface area (Å²) in [4.78, 5) is 11.7. The summed E-state index contributed by atoms with van der Waals surface area (Å²) in [5, 5.41) is 0. The van der Waals surface area contributed by atoms with E-state index in [0.717, 1.165) is 29.6 Å². The Hall–Kier alpha value is -3.53. The minimum atomic E-state index is 0.555. The fourth-order valence-electron chi connectivity index (χ4n) is 2.92. The van der Waals surface area contributed by atoms with Crippen LogP contribution in [0.15, 0.2) is 66.7 Å². The van der Waals surface area contributed by atoms with Gasteiger partial charge in [-0.3, -0.25) is 4.79 Å². The predicted octanol–water partition coefficient (Wildman–Crippen LogP) is 6.82. The molecule has 0 amide bonds. The van der Waals surface area contributed by atoms with Crippen molar-refractivity contribution in [1.82, 2.24) is 0 Å². The summed E-state index contributed by atoms with van der Waals surface area (Å²) in [5.74, 6) is 2.83. The standard InChI is InChI=1S/C25H24O4.C2H6/c1-4-18-5-9-22(10-6-18)29-23-11-7-20(8-12-23)21(17-26)13-19-14-24(27-2)16-25(15-19)28-3;1-2/h5-17H,4H2,1-3H3;1-2H3/b21-13-;. The lowest BCUT2D eigenvalue weighted by Gasteiger charge is -2.09. The lowest BCUT2D eigenvalue weighted by atomic mass is 10.0. The molecule has 0 spiro atoms. The average molecular weight is 419 g/mol. The molecule has 0 heterocycles. The van der Waals surface area contributed by atoms with E-state index in [0.29, 0.717) is 22.8 Å². The van der Waals surface area contributed by atoms with E-state index in [1.165, 1.54) is 5.56 Å². The topological polar surface area (TPSA) is 44.8 Å². The van der Waals surface area contributed by atoms with Crippen LogP contribution in [0.2, 0.25) is 0 Å². The van der Waals surface area contributed by atoms with Gasteiger partial charge in [-0.25, -0.2) is 0 Å². The Balaban J connectivity index is 0.00000166. The molecule has 0 fully saturated rings. The molecule has 0 atom stereocenters. The summed E-state index contributed by atoms with van der Waals surface area (Å²) in [6.45, 7) is 6.12. The third-order valence-electron chi connectivity index (χ3n) is 4.58. The molecule has 0 saturated heterocycles. The zero-order chi connectivity index (χ0) is 22.6. The van der Waals surface area contributed by atoms with Crippen molar-refractivity contribution in [2.45, 2.75) is 27.2 Å². The highest BCUT2D eigenvalue weighted by Gasteiger charge is 2.05. The quantitative estimate of drug-likeness (QED) is 0.229. The molecule has 0 radical (unpaired) electrons. The second-order valence-electron chi connectivity index (χ2n) is 6.49. The number of hydrogen-bond acceptors (Lipinski definition) is 4. The number of aryl methyl sites for hydroxylation is 1. The van der Waals surface area contributed by atoms with E-state index in [1.807, 2.05) is 62.4 Å². The van der Waals surface area contributed by atoms with Gasteiger partial charge in [-0.1, -0.05) is 45.0 Å². The Morgan fingerprint density at radius 3 is 1.74 bits per heavy atom. The van der Waals surface area contributed by atoms with Crippen LogP contribution < -0.4 is 14.2 Å². The lowest BCUT2D eigenvalue weighted by Crippen LogP contribution is -1.91. The van der Waals surface area contributed by atoms with Crippen LogP contribution in [0.25, 0.3) is 11.6 Å². The molecule has 3 aromatic rings. The van der Waals surface area contributed by atoms with E-state index >= 15 is 0 Å². The number of allylic oxidation sites excluding steroid dienone is 1. The van der Waals surface area contributed by atoms with Gasteiger partial charge in [-0.05, 0) is 65.6 Å². The zero-order valence-electron chi connectivity index (χ0n) is 18.8. The first kappa shape index (κ1) is 23.7. The molecule has 3 aromatic carbocycles. The smallest absolute Gasteiger partial charge is 0.150 e. The molecule has 0 aliphatic heterocycles. The Morgan fingerprint density at radius 2 is 1.29 bits per heavy atom. The molecule has 0 unspecified atom stereocenters. The number of benzene rings is 3. The second-order valence-corrected chi connectivity index (χ2v) is 6.49. The highest BCUT2D eigenvalue weighted by Crippen LogP contribution is 2.27. The summed E-state index contributed by atoms with van der Waals surface area (Å²) in [6.07, 6.45) is 3.64. The molecule has 0 aliphatic rings. The van der Waals surface area contributed by atoms with Crippen molar-refractivity contribution in [3.05, 3.63) is 83.4 Å². The van der Waals surface area contributed by atoms with E-state index in [4.69, 9.17) is 14.2 Å². The van der Waals surface area contributed by atoms with Gasteiger partial charge >= 0.3 is 0 Å². The average Bonchev–Trinajstić information content (AvgIpc) is 2.84. The third-order valence-corrected chi connectivity index (χ3v) is 4.58. The molecule has 0 aliphatic carbocycles. The minimum absolute atomic E-state index is 0.555. The van der Waals surface area contributed by atoms with Gasteiger partial charge in [-0.2, -0.15) is 0 Å². The van der Waals surface area contributed by atoms with Gasteiger partial charge in [0.2, 0.25) is 0 Å². The minimum Gasteiger partial charge on any atom is -0.497 e. The molecular formula is C27H30O4. The zero-order valence-corrected chi connectivity index (χ0v) is 18.8. The van der Waals surface area contributed by atoms with Gasteiger partial charge in [0.1, 0.15) is 23.0 Å². The van der Waals surface area contributed by atoms with E-state index in [1.54, 1.807) is 26.4 Å². The van der Waals surface area contributed by atoms with Gasteiger partial charge in [0.05, 0.1) is 14.2 Å². The van der Waals surface area contributed by atoms with Gasteiger partial charge in [-0.15, -0.1) is 0 Å². The number of aldehydes is 1. The first-order chi connectivity index (χ1) is 15.1. The van der Waals surface area contributed by atoms with E-state index in [2.05, 4.69) is 19.1 Å². The third kappa shape index (κ3) is 6.75. The van der Waals surface area contributed by atoms with Crippen LogP contribution in [-0.4, -0.2) is 20.5 Å². The molecule has 0 N–H and O–H groups in total. The number of carbonyl (C=O) groups is 1. The van der Waals surface area contributed by atoms with Gasteiger partial charge < -0.3 is 14.2 Å². The van der Waals surface area contributed by atoms with Crippen LogP contribution in [-0.2, 0) is 11.2 Å². The Bertz CT molecular complexity index is 964. The maximum atomic E-state index is 11.7. The maximum absolute atomic E-state index is 11.7. The van der Waals surface area contributed by atoms with Crippen LogP contribution in [0.1, 0.15) is 37.5 Å². The van der Waals surface area contributed by atoms with Gasteiger partial charge in [0, 0.05) is 11.6 Å². The van der Waals surface area contributed by atoms with Gasteiger partial charge in [0.25, 0.3) is 0 Å². The number of carbonyl (C=O) groups excluding carboxylic acids is 1. The van der Waals surface area contributed by atoms with Crippen molar-refractivity contribution in [3.8, 4) is 23.0 Å². The summed E-state index contributed by atoms with van der Waals surface area (Å²) >= 11 is 0. The fraction of sp³-hybridized carbons (Fsp3) is 0.222. The Morgan fingerprint density at radius 1 is 0.774 bits per heavy atom. The van der Waals surface area contributed by atoms with Crippen molar-refractivity contribution in [3.63, 3.8) is 0 Å². The number of hydrogen-bond donors (Lipinski definition) is 0. The highest BCUT2D eigenvalue weighted by atomic mass is 16.5. The summed E-state index contributed by atoms with van der Waals surface area (Å²) in [5.41, 5.74) is 3.44. The van der Waals surface area contributed by atoms with Crippen LogP contribution in [0, 0.1) is 0 Å². The highest BCUT2D eigenvalue weighted by molar-refractivity contribution is 6.13. The number of methoxy groups -OCH3 is 2. The largest absolute Gasteiger partial charge is 0.497 e. The molecule has 0 saturated carbocycles. The first-order valence-electron chi connectivity index (χ1n) is 10.4. The van der Waals surface area contributed by atoms with E-state index in [9.17, 15) is 4.79 Å². The fourth-order valence-corrected chi connectivity index (χ4v) is 2.92.